The molecule has 1 saturated heterocycles. The molecule has 0 bridgehead atoms. The van der Waals surface area contributed by atoms with Crippen LogP contribution in [0.25, 0.3) is 0 Å². The zero-order chi connectivity index (χ0) is 19.4. The van der Waals surface area contributed by atoms with Crippen LogP contribution in [-0.4, -0.2) is 42.4 Å². The number of benzene rings is 1. The maximum atomic E-state index is 11.7. The molecule has 0 aliphatic carbocycles. The van der Waals surface area contributed by atoms with Gasteiger partial charge in [0.05, 0.1) is 4.92 Å². The van der Waals surface area contributed by atoms with Gasteiger partial charge in [-0.2, -0.15) is 0 Å². The van der Waals surface area contributed by atoms with E-state index in [4.69, 9.17) is 5.14 Å². The molecule has 0 spiro atoms. The summed E-state index contributed by atoms with van der Waals surface area (Å²) in [5.74, 6) is 0. The number of hydrogen-bond donors (Lipinski definition) is 2. The number of rotatable bonds is 6. The van der Waals surface area contributed by atoms with E-state index in [9.17, 15) is 18.5 Å². The Morgan fingerprint density at radius 1 is 1.26 bits per heavy atom. The third-order valence-electron chi connectivity index (χ3n) is 4.56. The zero-order valence-corrected chi connectivity index (χ0v) is 15.4. The zero-order valence-electron chi connectivity index (χ0n) is 14.6. The van der Waals surface area contributed by atoms with Crippen LogP contribution in [0.2, 0.25) is 0 Å². The Bertz CT molecular complexity index is 912. The average molecular weight is 391 g/mol. The van der Waals surface area contributed by atoms with Gasteiger partial charge in [0.15, 0.2) is 4.90 Å². The minimum absolute atomic E-state index is 0.0181. The number of aromatic nitrogens is 1. The normalized spacial score (nSPS) is 16.2. The number of nitrogens with two attached hydrogens (primary N) is 1. The molecule has 144 valence electrons. The predicted molar refractivity (Wildman–Crippen MR) is 101 cm³/mol. The van der Waals surface area contributed by atoms with E-state index >= 15 is 0 Å². The van der Waals surface area contributed by atoms with Crippen LogP contribution >= 0.6 is 0 Å². The molecule has 0 saturated carbocycles. The van der Waals surface area contributed by atoms with Crippen molar-refractivity contribution < 1.29 is 13.3 Å². The van der Waals surface area contributed by atoms with Crippen LogP contribution in [0.4, 0.5) is 11.4 Å². The molecule has 1 fully saturated rings. The van der Waals surface area contributed by atoms with Crippen molar-refractivity contribution in [3.8, 4) is 0 Å². The van der Waals surface area contributed by atoms with Crippen molar-refractivity contribution in [2.75, 3.05) is 18.4 Å². The second kappa shape index (κ2) is 7.99. The standard InChI is InChI=1S/C17H21N5O4S/c18-27(25,26)16-5-1-4-15(17(16)22(23)24)20-14-6-9-21(10-7-14)12-13-3-2-8-19-11-13/h1-5,8,11,14,20H,6-7,9-10,12H2,(H2,18,25,26). The molecule has 1 aromatic carbocycles. The molecule has 1 aromatic heterocycles. The minimum Gasteiger partial charge on any atom is -0.377 e. The van der Waals surface area contributed by atoms with Crippen LogP contribution in [0.5, 0.6) is 0 Å². The summed E-state index contributed by atoms with van der Waals surface area (Å²) in [6, 6.07) is 8.06. The van der Waals surface area contributed by atoms with Crippen molar-refractivity contribution in [2.24, 2.45) is 5.14 Å². The molecule has 0 amide bonds. The molecule has 1 aliphatic rings. The van der Waals surface area contributed by atoms with Gasteiger partial charge in [-0.15, -0.1) is 0 Å². The summed E-state index contributed by atoms with van der Waals surface area (Å²) in [6.07, 6.45) is 5.16. The first-order valence-electron chi connectivity index (χ1n) is 8.52. The number of primary sulfonamides is 1. The number of anilines is 1. The molecule has 0 atom stereocenters. The number of piperidine rings is 1. The van der Waals surface area contributed by atoms with E-state index in [1.807, 2.05) is 18.3 Å². The molecule has 27 heavy (non-hydrogen) atoms. The Labute approximate surface area is 157 Å². The fraction of sp³-hybridized carbons (Fsp3) is 0.353. The number of likely N-dealkylation sites (tertiary alicyclic amines) is 1. The monoisotopic (exact) mass is 391 g/mol. The van der Waals surface area contributed by atoms with E-state index in [-0.39, 0.29) is 11.7 Å². The first-order chi connectivity index (χ1) is 12.8. The number of nitro benzene ring substituents is 1. The molecule has 2 heterocycles. The predicted octanol–water partition coefficient (Wildman–Crippen LogP) is 1.71. The number of hydrogen-bond acceptors (Lipinski definition) is 7. The molecule has 1 aliphatic heterocycles. The maximum absolute atomic E-state index is 11.7. The molecule has 9 nitrogen and oxygen atoms in total. The van der Waals surface area contributed by atoms with Crippen molar-refractivity contribution in [3.05, 3.63) is 58.4 Å². The van der Waals surface area contributed by atoms with Crippen molar-refractivity contribution in [1.29, 1.82) is 0 Å². The summed E-state index contributed by atoms with van der Waals surface area (Å²) >= 11 is 0. The maximum Gasteiger partial charge on any atom is 0.312 e. The van der Waals surface area contributed by atoms with Crippen LogP contribution in [0.15, 0.2) is 47.6 Å². The molecule has 0 radical (unpaired) electrons. The lowest BCUT2D eigenvalue weighted by atomic mass is 10.0. The SMILES string of the molecule is NS(=O)(=O)c1cccc(NC2CCN(Cc3cccnc3)CC2)c1[N+](=O)[O-]. The number of nitrogens with zero attached hydrogens (tertiary/aromatic N) is 3. The summed E-state index contributed by atoms with van der Waals surface area (Å²) in [7, 11) is -4.18. The van der Waals surface area contributed by atoms with E-state index in [2.05, 4.69) is 15.2 Å². The van der Waals surface area contributed by atoms with Crippen LogP contribution < -0.4 is 10.5 Å². The molecule has 10 heteroatoms. The van der Waals surface area contributed by atoms with Crippen LogP contribution in [-0.2, 0) is 16.6 Å². The highest BCUT2D eigenvalue weighted by Crippen LogP contribution is 2.32. The highest BCUT2D eigenvalue weighted by molar-refractivity contribution is 7.89. The van der Waals surface area contributed by atoms with E-state index < -0.39 is 25.5 Å². The van der Waals surface area contributed by atoms with Crippen molar-refractivity contribution in [2.45, 2.75) is 30.3 Å². The molecule has 0 unspecified atom stereocenters. The number of pyridine rings is 1. The Balaban J connectivity index is 1.68. The smallest absolute Gasteiger partial charge is 0.312 e. The number of para-hydroxylation sites is 1. The highest BCUT2D eigenvalue weighted by Gasteiger charge is 2.28. The summed E-state index contributed by atoms with van der Waals surface area (Å²) < 4.78 is 23.3. The summed E-state index contributed by atoms with van der Waals surface area (Å²) in [6.45, 7) is 2.46. The molecule has 3 N–H and O–H groups in total. The van der Waals surface area contributed by atoms with E-state index in [0.717, 1.165) is 44.1 Å². The first-order valence-corrected chi connectivity index (χ1v) is 10.1. The summed E-state index contributed by atoms with van der Waals surface area (Å²) in [4.78, 5) is 16.6. The van der Waals surface area contributed by atoms with Gasteiger partial charge in [0.1, 0.15) is 5.69 Å². The Hall–Kier alpha value is -2.56. The molecule has 3 rings (SSSR count). The van der Waals surface area contributed by atoms with Crippen molar-refractivity contribution in [1.82, 2.24) is 9.88 Å². The van der Waals surface area contributed by atoms with Gasteiger partial charge in [0.2, 0.25) is 10.0 Å². The highest BCUT2D eigenvalue weighted by atomic mass is 32.2. The Kier molecular flexibility index (Phi) is 5.68. The lowest BCUT2D eigenvalue weighted by molar-refractivity contribution is -0.386. The minimum atomic E-state index is -4.18. The van der Waals surface area contributed by atoms with Crippen molar-refractivity contribution in [3.63, 3.8) is 0 Å². The lowest BCUT2D eigenvalue weighted by Gasteiger charge is -2.32. The van der Waals surface area contributed by atoms with Gasteiger partial charge in [0.25, 0.3) is 0 Å². The fourth-order valence-electron chi connectivity index (χ4n) is 3.26. The van der Waals surface area contributed by atoms with Crippen LogP contribution in [0, 0.1) is 10.1 Å². The lowest BCUT2D eigenvalue weighted by Crippen LogP contribution is -2.38. The first kappa shape index (κ1) is 19.2. The summed E-state index contributed by atoms with van der Waals surface area (Å²) in [5.41, 5.74) is 0.815. The van der Waals surface area contributed by atoms with Gasteiger partial charge in [-0.25, -0.2) is 13.6 Å². The number of nitro groups is 1. The quantitative estimate of drug-likeness (QED) is 0.566. The van der Waals surface area contributed by atoms with Gasteiger partial charge in [-0.05, 0) is 36.6 Å². The van der Waals surface area contributed by atoms with Crippen LogP contribution in [0.1, 0.15) is 18.4 Å². The van der Waals surface area contributed by atoms with Gasteiger partial charge >= 0.3 is 5.69 Å². The topological polar surface area (TPSA) is 131 Å². The third-order valence-corrected chi connectivity index (χ3v) is 5.51. The van der Waals surface area contributed by atoms with E-state index in [1.54, 1.807) is 6.20 Å². The molecule has 2 aromatic rings. The van der Waals surface area contributed by atoms with Gasteiger partial charge in [-0.3, -0.25) is 20.0 Å². The largest absolute Gasteiger partial charge is 0.377 e. The fourth-order valence-corrected chi connectivity index (χ4v) is 3.98. The Morgan fingerprint density at radius 3 is 2.59 bits per heavy atom. The third kappa shape index (κ3) is 4.79. The van der Waals surface area contributed by atoms with Crippen molar-refractivity contribution >= 4 is 21.4 Å². The van der Waals surface area contributed by atoms with Crippen LogP contribution in [0.3, 0.4) is 0 Å². The average Bonchev–Trinajstić information content (AvgIpc) is 2.63. The van der Waals surface area contributed by atoms with Gasteiger partial charge < -0.3 is 5.32 Å². The van der Waals surface area contributed by atoms with E-state index in [0.29, 0.717) is 0 Å². The van der Waals surface area contributed by atoms with Gasteiger partial charge in [-0.1, -0.05) is 12.1 Å². The Morgan fingerprint density at radius 2 is 2.00 bits per heavy atom. The number of sulfonamides is 1. The second-order valence-corrected chi connectivity index (χ2v) is 8.04. The molecular formula is C17H21N5O4S. The van der Waals surface area contributed by atoms with Gasteiger partial charge in [0, 0.05) is 38.1 Å². The molecular weight excluding hydrogens is 370 g/mol. The van der Waals surface area contributed by atoms with E-state index in [1.165, 1.54) is 12.1 Å². The summed E-state index contributed by atoms with van der Waals surface area (Å²) in [5, 5.41) is 19.7. The second-order valence-electron chi connectivity index (χ2n) is 6.51. The number of nitrogens with one attached hydrogen (secondary N) is 1.